The summed E-state index contributed by atoms with van der Waals surface area (Å²) in [7, 11) is 0. The molecule has 4 aliphatic carbocycles. The maximum Gasteiger partial charge on any atom is 0.165 e. The minimum atomic E-state index is -1.40. The van der Waals surface area contributed by atoms with Crippen molar-refractivity contribution in [2.24, 2.45) is 46.3 Å². The normalized spacial score (nSPS) is 47.0. The topological polar surface area (TPSA) is 54.4 Å². The second kappa shape index (κ2) is 7.71. The van der Waals surface area contributed by atoms with E-state index >= 15 is 0 Å². The predicted molar refractivity (Wildman–Crippen MR) is 120 cm³/mol. The highest BCUT2D eigenvalue weighted by Gasteiger charge is 2.67. The minimum absolute atomic E-state index is 0.0306. The Morgan fingerprint density at radius 1 is 1.00 bits per heavy atom. The Balaban J connectivity index is 1.54. The van der Waals surface area contributed by atoms with Crippen molar-refractivity contribution < 1.29 is 14.7 Å². The standard InChI is InChI=1S/C27H44O3/c1-17(2)7-6-8-18(3)21-9-10-22-20-15-24(29)27(30)16-19(28)11-14-26(27,5)23(20)12-13-25(21,22)4/h17-18,20-23,30H,6-16H2,1-5H3/t18-,20+,21+,22+,23-,25+,26+,27-/m0/s1. The minimum Gasteiger partial charge on any atom is -0.381 e. The van der Waals surface area contributed by atoms with Gasteiger partial charge in [0, 0.05) is 24.7 Å². The van der Waals surface area contributed by atoms with E-state index in [-0.39, 0.29) is 18.0 Å². The lowest BCUT2D eigenvalue weighted by Gasteiger charge is -2.62. The molecule has 0 heterocycles. The molecule has 1 N–H and O–H groups in total. The van der Waals surface area contributed by atoms with Gasteiger partial charge in [0.1, 0.15) is 11.4 Å². The Hall–Kier alpha value is -0.700. The van der Waals surface area contributed by atoms with E-state index in [1.54, 1.807) is 0 Å². The van der Waals surface area contributed by atoms with Crippen molar-refractivity contribution in [2.45, 2.75) is 111 Å². The highest BCUT2D eigenvalue weighted by Crippen LogP contribution is 2.68. The molecule has 0 aromatic rings. The van der Waals surface area contributed by atoms with E-state index in [1.165, 1.54) is 38.5 Å². The van der Waals surface area contributed by atoms with Gasteiger partial charge in [0.2, 0.25) is 0 Å². The Labute approximate surface area is 183 Å². The number of carbonyl (C=O) groups is 2. The first kappa shape index (κ1) is 22.5. The Morgan fingerprint density at radius 3 is 2.43 bits per heavy atom. The van der Waals surface area contributed by atoms with E-state index in [0.29, 0.717) is 42.4 Å². The summed E-state index contributed by atoms with van der Waals surface area (Å²) in [4.78, 5) is 25.4. The average molecular weight is 417 g/mol. The van der Waals surface area contributed by atoms with Crippen LogP contribution in [-0.2, 0) is 9.59 Å². The molecule has 4 fully saturated rings. The molecule has 0 unspecified atom stereocenters. The van der Waals surface area contributed by atoms with Gasteiger partial charge in [-0.1, -0.05) is 53.9 Å². The first-order chi connectivity index (χ1) is 14.0. The zero-order chi connectivity index (χ0) is 21.9. The third kappa shape index (κ3) is 3.24. The summed E-state index contributed by atoms with van der Waals surface area (Å²) < 4.78 is 0. The van der Waals surface area contributed by atoms with Crippen molar-refractivity contribution in [3.8, 4) is 0 Å². The van der Waals surface area contributed by atoms with E-state index in [2.05, 4.69) is 34.6 Å². The van der Waals surface area contributed by atoms with Gasteiger partial charge in [-0.3, -0.25) is 9.59 Å². The summed E-state index contributed by atoms with van der Waals surface area (Å²) in [5, 5.41) is 11.4. The van der Waals surface area contributed by atoms with Crippen molar-refractivity contribution in [3.05, 3.63) is 0 Å². The van der Waals surface area contributed by atoms with Gasteiger partial charge in [-0.05, 0) is 73.0 Å². The van der Waals surface area contributed by atoms with Gasteiger partial charge >= 0.3 is 0 Å². The zero-order valence-corrected chi connectivity index (χ0v) is 20.0. The highest BCUT2D eigenvalue weighted by atomic mass is 16.3. The van der Waals surface area contributed by atoms with Crippen LogP contribution in [0.1, 0.15) is 105 Å². The molecule has 0 bridgehead atoms. The first-order valence-electron chi connectivity index (χ1n) is 12.8. The van der Waals surface area contributed by atoms with Gasteiger partial charge in [0.15, 0.2) is 5.78 Å². The molecule has 0 aliphatic heterocycles. The van der Waals surface area contributed by atoms with Crippen LogP contribution in [0, 0.1) is 46.3 Å². The van der Waals surface area contributed by atoms with Gasteiger partial charge < -0.3 is 5.11 Å². The molecule has 4 aliphatic rings. The number of fused-ring (bicyclic) bond motifs is 5. The molecule has 3 nitrogen and oxygen atoms in total. The molecule has 0 aromatic carbocycles. The number of Topliss-reactive ketones (excluding diaryl/α,β-unsaturated/α-hetero) is 2. The van der Waals surface area contributed by atoms with E-state index in [9.17, 15) is 14.7 Å². The van der Waals surface area contributed by atoms with Crippen molar-refractivity contribution in [3.63, 3.8) is 0 Å². The lowest BCUT2D eigenvalue weighted by molar-refractivity contribution is -0.203. The molecule has 4 rings (SSSR count). The molecule has 8 atom stereocenters. The van der Waals surface area contributed by atoms with Gasteiger partial charge in [0.05, 0.1) is 0 Å². The first-order valence-corrected chi connectivity index (χ1v) is 12.8. The maximum atomic E-state index is 13.3. The number of rotatable bonds is 5. The molecule has 0 aromatic heterocycles. The largest absolute Gasteiger partial charge is 0.381 e. The van der Waals surface area contributed by atoms with Crippen LogP contribution in [0.5, 0.6) is 0 Å². The summed E-state index contributed by atoms with van der Waals surface area (Å²) in [6.45, 7) is 11.8. The van der Waals surface area contributed by atoms with Crippen LogP contribution in [0.25, 0.3) is 0 Å². The van der Waals surface area contributed by atoms with Crippen LogP contribution in [0.4, 0.5) is 0 Å². The maximum absolute atomic E-state index is 13.3. The number of hydrogen-bond donors (Lipinski definition) is 1. The lowest BCUT2D eigenvalue weighted by Crippen LogP contribution is -2.66. The summed E-state index contributed by atoms with van der Waals surface area (Å²) in [6, 6.07) is 0. The van der Waals surface area contributed by atoms with Crippen LogP contribution in [0.3, 0.4) is 0 Å². The van der Waals surface area contributed by atoms with Gasteiger partial charge in [-0.2, -0.15) is 0 Å². The Morgan fingerprint density at radius 2 is 1.73 bits per heavy atom. The molecule has 0 radical (unpaired) electrons. The Bertz CT molecular complexity index is 698. The number of aliphatic hydroxyl groups is 1. The monoisotopic (exact) mass is 416 g/mol. The van der Waals surface area contributed by atoms with E-state index in [0.717, 1.165) is 24.2 Å². The Kier molecular flexibility index (Phi) is 5.78. The van der Waals surface area contributed by atoms with Gasteiger partial charge in [0.25, 0.3) is 0 Å². The fourth-order valence-corrected chi connectivity index (χ4v) is 8.86. The molecule has 0 spiro atoms. The third-order valence-corrected chi connectivity index (χ3v) is 10.7. The highest BCUT2D eigenvalue weighted by molar-refractivity contribution is 5.96. The summed E-state index contributed by atoms with van der Waals surface area (Å²) >= 11 is 0. The zero-order valence-electron chi connectivity index (χ0n) is 20.0. The van der Waals surface area contributed by atoms with Crippen LogP contribution < -0.4 is 0 Å². The molecular weight excluding hydrogens is 372 g/mol. The SMILES string of the molecule is CC(C)CCC[C@H](C)[C@H]1CC[C@@H]2[C@H]3CC(=O)[C@@]4(O)CC(=O)CC[C@]4(C)[C@H]3CC[C@@]21C. The van der Waals surface area contributed by atoms with Gasteiger partial charge in [-0.25, -0.2) is 0 Å². The summed E-state index contributed by atoms with van der Waals surface area (Å²) in [6.07, 6.45) is 10.7. The molecule has 30 heavy (non-hydrogen) atoms. The van der Waals surface area contributed by atoms with Crippen molar-refractivity contribution >= 4 is 11.6 Å². The average Bonchev–Trinajstić information content (AvgIpc) is 3.01. The number of ketones is 2. The smallest absolute Gasteiger partial charge is 0.165 e. The van der Waals surface area contributed by atoms with Crippen LogP contribution in [0.2, 0.25) is 0 Å². The van der Waals surface area contributed by atoms with E-state index < -0.39 is 11.0 Å². The fourth-order valence-electron chi connectivity index (χ4n) is 8.86. The van der Waals surface area contributed by atoms with Crippen molar-refractivity contribution in [1.29, 1.82) is 0 Å². The van der Waals surface area contributed by atoms with Gasteiger partial charge in [-0.15, -0.1) is 0 Å². The fraction of sp³-hybridized carbons (Fsp3) is 0.926. The van der Waals surface area contributed by atoms with Crippen molar-refractivity contribution in [2.75, 3.05) is 0 Å². The van der Waals surface area contributed by atoms with Crippen LogP contribution >= 0.6 is 0 Å². The van der Waals surface area contributed by atoms with Crippen LogP contribution in [-0.4, -0.2) is 22.3 Å². The van der Waals surface area contributed by atoms with Crippen LogP contribution in [0.15, 0.2) is 0 Å². The van der Waals surface area contributed by atoms with Crippen molar-refractivity contribution in [1.82, 2.24) is 0 Å². The van der Waals surface area contributed by atoms with E-state index in [1.807, 2.05) is 0 Å². The number of hydrogen-bond acceptors (Lipinski definition) is 3. The quantitative estimate of drug-likeness (QED) is 0.600. The number of carbonyl (C=O) groups excluding carboxylic acids is 2. The third-order valence-electron chi connectivity index (χ3n) is 10.7. The molecule has 3 heteroatoms. The molecule has 0 saturated heterocycles. The summed E-state index contributed by atoms with van der Waals surface area (Å²) in [5.41, 5.74) is -1.47. The lowest BCUT2D eigenvalue weighted by atomic mass is 9.42. The predicted octanol–water partition coefficient (Wildman–Crippen LogP) is 5.97. The molecular formula is C27H44O3. The molecule has 170 valence electrons. The second-order valence-corrected chi connectivity index (χ2v) is 12.5. The van der Waals surface area contributed by atoms with E-state index in [4.69, 9.17) is 0 Å². The molecule has 0 amide bonds. The second-order valence-electron chi connectivity index (χ2n) is 12.5. The summed E-state index contributed by atoms with van der Waals surface area (Å²) in [5.74, 6) is 3.76. The molecule has 4 saturated carbocycles.